The molecule has 0 aliphatic heterocycles. The van der Waals surface area contributed by atoms with Crippen molar-refractivity contribution in [1.82, 2.24) is 5.32 Å². The van der Waals surface area contributed by atoms with Gasteiger partial charge < -0.3 is 5.32 Å². The van der Waals surface area contributed by atoms with E-state index < -0.39 is 0 Å². The Bertz CT molecular complexity index is 394. The van der Waals surface area contributed by atoms with Crippen molar-refractivity contribution in [3.63, 3.8) is 0 Å². The van der Waals surface area contributed by atoms with Crippen molar-refractivity contribution >= 4 is 23.2 Å². The molecule has 0 heterocycles. The van der Waals surface area contributed by atoms with Gasteiger partial charge >= 0.3 is 0 Å². The summed E-state index contributed by atoms with van der Waals surface area (Å²) in [6.07, 6.45) is 0. The summed E-state index contributed by atoms with van der Waals surface area (Å²) < 4.78 is 0. The predicted octanol–water partition coefficient (Wildman–Crippen LogP) is 5.57. The lowest BCUT2D eigenvalue weighted by atomic mass is 9.85. The van der Waals surface area contributed by atoms with Crippen LogP contribution in [0.3, 0.4) is 0 Å². The summed E-state index contributed by atoms with van der Waals surface area (Å²) in [5.74, 6) is 2.02. The van der Waals surface area contributed by atoms with Crippen LogP contribution in [0.2, 0.25) is 10.0 Å². The highest BCUT2D eigenvalue weighted by Crippen LogP contribution is 2.27. The molecule has 1 N–H and O–H groups in total. The average molecular weight is 302 g/mol. The zero-order chi connectivity index (χ0) is 14.6. The van der Waals surface area contributed by atoms with E-state index in [1.165, 1.54) is 0 Å². The summed E-state index contributed by atoms with van der Waals surface area (Å²) in [7, 11) is 0. The maximum atomic E-state index is 6.23. The van der Waals surface area contributed by atoms with Crippen molar-refractivity contribution in [2.45, 2.75) is 40.7 Å². The second-order valence-corrected chi connectivity index (χ2v) is 6.79. The Balaban J connectivity index is 2.69. The van der Waals surface area contributed by atoms with E-state index >= 15 is 0 Å². The third-order valence-electron chi connectivity index (χ3n) is 3.80. The van der Waals surface area contributed by atoms with E-state index in [-0.39, 0.29) is 6.04 Å². The van der Waals surface area contributed by atoms with Crippen molar-refractivity contribution in [2.75, 3.05) is 6.54 Å². The summed E-state index contributed by atoms with van der Waals surface area (Å²) in [4.78, 5) is 0. The summed E-state index contributed by atoms with van der Waals surface area (Å²) in [5, 5.41) is 5.09. The van der Waals surface area contributed by atoms with E-state index in [0.29, 0.717) is 17.8 Å². The van der Waals surface area contributed by atoms with Crippen LogP contribution in [-0.4, -0.2) is 6.54 Å². The maximum absolute atomic E-state index is 6.23. The molecular weight excluding hydrogens is 277 g/mol. The number of benzene rings is 1. The van der Waals surface area contributed by atoms with Crippen molar-refractivity contribution in [3.8, 4) is 0 Å². The number of hydrogen-bond acceptors (Lipinski definition) is 1. The van der Waals surface area contributed by atoms with Crippen LogP contribution in [0.1, 0.15) is 46.2 Å². The van der Waals surface area contributed by atoms with Crippen LogP contribution >= 0.6 is 23.2 Å². The second kappa shape index (κ2) is 7.52. The van der Waals surface area contributed by atoms with E-state index in [0.717, 1.165) is 22.2 Å². The Hall–Kier alpha value is -0.240. The predicted molar refractivity (Wildman–Crippen MR) is 86.0 cm³/mol. The molecule has 0 spiro atoms. The van der Waals surface area contributed by atoms with Gasteiger partial charge in [0.15, 0.2) is 0 Å². The maximum Gasteiger partial charge on any atom is 0.0454 e. The largest absolute Gasteiger partial charge is 0.310 e. The van der Waals surface area contributed by atoms with Gasteiger partial charge in [-0.2, -0.15) is 0 Å². The van der Waals surface area contributed by atoms with Crippen LogP contribution in [0.15, 0.2) is 18.2 Å². The molecule has 0 saturated heterocycles. The Labute approximate surface area is 127 Å². The molecule has 0 saturated carbocycles. The van der Waals surface area contributed by atoms with E-state index in [9.17, 15) is 0 Å². The fourth-order valence-electron chi connectivity index (χ4n) is 2.51. The lowest BCUT2D eigenvalue weighted by molar-refractivity contribution is 0.268. The van der Waals surface area contributed by atoms with Crippen LogP contribution in [0.25, 0.3) is 0 Å². The lowest BCUT2D eigenvalue weighted by Crippen LogP contribution is -2.31. The third kappa shape index (κ3) is 4.98. The molecule has 1 aromatic rings. The molecule has 0 amide bonds. The molecule has 0 aliphatic rings. The molecule has 1 atom stereocenters. The smallest absolute Gasteiger partial charge is 0.0454 e. The van der Waals surface area contributed by atoms with E-state index in [1.807, 2.05) is 18.2 Å². The third-order valence-corrected chi connectivity index (χ3v) is 4.38. The van der Waals surface area contributed by atoms with Crippen molar-refractivity contribution in [3.05, 3.63) is 33.8 Å². The Morgan fingerprint density at radius 3 is 2.11 bits per heavy atom. The van der Waals surface area contributed by atoms with Gasteiger partial charge in [0, 0.05) is 16.1 Å². The molecule has 0 bridgehead atoms. The quantitative estimate of drug-likeness (QED) is 0.724. The molecule has 3 heteroatoms. The lowest BCUT2D eigenvalue weighted by Gasteiger charge is -2.27. The fraction of sp³-hybridized carbons (Fsp3) is 0.625. The average Bonchev–Trinajstić information content (AvgIpc) is 2.31. The first kappa shape index (κ1) is 16.8. The SMILES string of the molecule is CC(NCC(C(C)C)C(C)C)c1cc(Cl)ccc1Cl. The molecule has 108 valence electrons. The highest BCUT2D eigenvalue weighted by atomic mass is 35.5. The molecular formula is C16H25Cl2N. The molecule has 0 aliphatic carbocycles. The Morgan fingerprint density at radius 2 is 1.58 bits per heavy atom. The van der Waals surface area contributed by atoms with Crippen molar-refractivity contribution in [2.24, 2.45) is 17.8 Å². The van der Waals surface area contributed by atoms with Gasteiger partial charge in [-0.1, -0.05) is 50.9 Å². The number of halogens is 2. The van der Waals surface area contributed by atoms with E-state index in [2.05, 4.69) is 39.9 Å². The van der Waals surface area contributed by atoms with Crippen molar-refractivity contribution < 1.29 is 0 Å². The minimum Gasteiger partial charge on any atom is -0.310 e. The first-order chi connectivity index (χ1) is 8.82. The molecule has 1 aromatic carbocycles. The summed E-state index contributed by atoms with van der Waals surface area (Å²) >= 11 is 12.3. The molecule has 1 unspecified atom stereocenters. The molecule has 0 radical (unpaired) electrons. The first-order valence-electron chi connectivity index (χ1n) is 7.01. The van der Waals surface area contributed by atoms with Crippen LogP contribution < -0.4 is 5.32 Å². The molecule has 19 heavy (non-hydrogen) atoms. The fourth-order valence-corrected chi connectivity index (χ4v) is 2.97. The zero-order valence-corrected chi connectivity index (χ0v) is 14.0. The van der Waals surface area contributed by atoms with Gasteiger partial charge in [0.2, 0.25) is 0 Å². The van der Waals surface area contributed by atoms with E-state index in [1.54, 1.807) is 0 Å². The van der Waals surface area contributed by atoms with Crippen molar-refractivity contribution in [1.29, 1.82) is 0 Å². The number of nitrogens with one attached hydrogen (secondary N) is 1. The Morgan fingerprint density at radius 1 is 1.00 bits per heavy atom. The van der Waals surface area contributed by atoms with Crippen LogP contribution in [-0.2, 0) is 0 Å². The minimum absolute atomic E-state index is 0.214. The number of rotatable bonds is 6. The summed E-state index contributed by atoms with van der Waals surface area (Å²) in [6.45, 7) is 12.3. The topological polar surface area (TPSA) is 12.0 Å². The van der Waals surface area contributed by atoms with Gasteiger partial charge in [-0.15, -0.1) is 0 Å². The standard InChI is InChI=1S/C16H25Cl2N/c1-10(2)15(11(3)4)9-19-12(5)14-8-13(17)6-7-16(14)18/h6-8,10-12,15,19H,9H2,1-5H3. The number of hydrogen-bond donors (Lipinski definition) is 1. The highest BCUT2D eigenvalue weighted by Gasteiger charge is 2.19. The van der Waals surface area contributed by atoms with Crippen LogP contribution in [0, 0.1) is 17.8 Å². The van der Waals surface area contributed by atoms with Crippen LogP contribution in [0.5, 0.6) is 0 Å². The van der Waals surface area contributed by atoms with Gasteiger partial charge in [-0.05, 0) is 55.0 Å². The van der Waals surface area contributed by atoms with Crippen LogP contribution in [0.4, 0.5) is 0 Å². The van der Waals surface area contributed by atoms with Gasteiger partial charge in [0.25, 0.3) is 0 Å². The first-order valence-corrected chi connectivity index (χ1v) is 7.76. The van der Waals surface area contributed by atoms with E-state index in [4.69, 9.17) is 23.2 Å². The van der Waals surface area contributed by atoms with Gasteiger partial charge in [-0.25, -0.2) is 0 Å². The van der Waals surface area contributed by atoms with Gasteiger partial charge in [0.1, 0.15) is 0 Å². The van der Waals surface area contributed by atoms with Gasteiger partial charge in [-0.3, -0.25) is 0 Å². The zero-order valence-electron chi connectivity index (χ0n) is 12.5. The summed E-state index contributed by atoms with van der Waals surface area (Å²) in [5.41, 5.74) is 1.07. The summed E-state index contributed by atoms with van der Waals surface area (Å²) in [6, 6.07) is 5.85. The molecule has 1 rings (SSSR count). The monoisotopic (exact) mass is 301 g/mol. The van der Waals surface area contributed by atoms with Gasteiger partial charge in [0.05, 0.1) is 0 Å². The molecule has 0 fully saturated rings. The molecule has 1 nitrogen and oxygen atoms in total. The normalized spacial score (nSPS) is 13.6. The second-order valence-electron chi connectivity index (χ2n) is 5.95. The minimum atomic E-state index is 0.214. The molecule has 0 aromatic heterocycles. The Kier molecular flexibility index (Phi) is 6.65. The highest BCUT2D eigenvalue weighted by molar-refractivity contribution is 6.33.